The number of benzene rings is 3. The number of hydrogen-bond acceptors (Lipinski definition) is 7. The topological polar surface area (TPSA) is 139 Å². The van der Waals surface area contributed by atoms with Gasteiger partial charge in [-0.15, -0.1) is 10.2 Å². The fourth-order valence-electron chi connectivity index (χ4n) is 4.32. The zero-order valence-corrected chi connectivity index (χ0v) is 24.4. The Morgan fingerprint density at radius 1 is 1.02 bits per heavy atom. The summed E-state index contributed by atoms with van der Waals surface area (Å²) in [5, 5.41) is 24.2. The van der Waals surface area contributed by atoms with Gasteiger partial charge in [0.05, 0.1) is 16.5 Å². The molecule has 0 aliphatic rings. The van der Waals surface area contributed by atoms with Gasteiger partial charge in [-0.3, -0.25) is 14.7 Å². The minimum absolute atomic E-state index is 0.0713. The molecular formula is C30H28ClN5O5S. The Labute approximate surface area is 249 Å². The summed E-state index contributed by atoms with van der Waals surface area (Å²) in [7, 11) is 0. The highest BCUT2D eigenvalue weighted by atomic mass is 35.5. The van der Waals surface area contributed by atoms with Crippen molar-refractivity contribution in [2.45, 2.75) is 38.0 Å². The minimum atomic E-state index is -1.81. The minimum Gasteiger partial charge on any atom is -0.508 e. The molecule has 2 heterocycles. The van der Waals surface area contributed by atoms with Crippen LogP contribution in [0.5, 0.6) is 11.5 Å². The number of nitrogens with one attached hydrogen (secondary N) is 2. The average Bonchev–Trinajstić information content (AvgIpc) is 3.52. The number of hydrogen-bond donors (Lipinski definition) is 3. The van der Waals surface area contributed by atoms with E-state index in [9.17, 15) is 18.9 Å². The second-order valence-corrected chi connectivity index (χ2v) is 11.3. The lowest BCUT2D eigenvalue weighted by Gasteiger charge is -2.12. The van der Waals surface area contributed by atoms with Crippen LogP contribution in [0.1, 0.15) is 40.8 Å². The number of nitrogens with zero attached hydrogens (tertiary/aromatic N) is 3. The Morgan fingerprint density at radius 2 is 1.71 bits per heavy atom. The molecule has 1 amide bonds. The van der Waals surface area contributed by atoms with Crippen molar-refractivity contribution in [3.63, 3.8) is 0 Å². The number of aryl methyl sites for hydroxylation is 3. The van der Waals surface area contributed by atoms with Gasteiger partial charge in [-0.1, -0.05) is 35.9 Å². The van der Waals surface area contributed by atoms with Crippen molar-refractivity contribution < 1.29 is 23.1 Å². The summed E-state index contributed by atoms with van der Waals surface area (Å²) in [5.74, 6) is -0.501. The largest absolute Gasteiger partial charge is 0.508 e. The summed E-state index contributed by atoms with van der Waals surface area (Å²) >= 11 is 4.41. The maximum absolute atomic E-state index is 12.9. The van der Waals surface area contributed by atoms with Gasteiger partial charge in [0, 0.05) is 17.7 Å². The number of H-pyrrole nitrogens is 1. The number of carbonyl (C=O) groups is 2. The molecule has 2 atom stereocenters. The molecule has 5 rings (SSSR count). The zero-order valence-electron chi connectivity index (χ0n) is 22.8. The lowest BCUT2D eigenvalue weighted by Crippen LogP contribution is -2.27. The zero-order chi connectivity index (χ0) is 29.8. The van der Waals surface area contributed by atoms with E-state index in [4.69, 9.17) is 15.8 Å². The third-order valence-electron chi connectivity index (χ3n) is 6.75. The van der Waals surface area contributed by atoms with Crippen molar-refractivity contribution >= 4 is 45.7 Å². The van der Waals surface area contributed by atoms with Crippen molar-refractivity contribution in [1.82, 2.24) is 19.8 Å². The van der Waals surface area contributed by atoms with Crippen LogP contribution in [-0.4, -0.2) is 40.8 Å². The van der Waals surface area contributed by atoms with Gasteiger partial charge in [0.15, 0.2) is 17.3 Å². The molecule has 10 nitrogen and oxygen atoms in total. The monoisotopic (exact) mass is 605 g/mol. The van der Waals surface area contributed by atoms with Crippen LogP contribution in [-0.2, 0) is 28.7 Å². The van der Waals surface area contributed by atoms with Crippen LogP contribution in [0.2, 0.25) is 5.02 Å². The molecule has 3 N–H and O–H groups in total. The normalized spacial score (nSPS) is 12.6. The van der Waals surface area contributed by atoms with E-state index in [0.29, 0.717) is 32.6 Å². The molecular weight excluding hydrogens is 578 g/mol. The van der Waals surface area contributed by atoms with Crippen molar-refractivity contribution in [1.29, 1.82) is 0 Å². The molecule has 0 fully saturated rings. The molecule has 0 saturated carbocycles. The number of rotatable bonds is 11. The third-order valence-corrected chi connectivity index (χ3v) is 8.20. The number of phenolic OH excluding ortho intramolecular Hbond substituents is 1. The first-order chi connectivity index (χ1) is 20.2. The van der Waals surface area contributed by atoms with Crippen molar-refractivity contribution in [2.75, 3.05) is 5.32 Å². The van der Waals surface area contributed by atoms with E-state index < -0.39 is 22.9 Å². The van der Waals surface area contributed by atoms with Gasteiger partial charge < -0.3 is 14.6 Å². The molecule has 12 heteroatoms. The lowest BCUT2D eigenvalue weighted by molar-refractivity contribution is -0.118. The van der Waals surface area contributed by atoms with Gasteiger partial charge in [-0.25, -0.2) is 8.72 Å². The molecule has 0 spiro atoms. The van der Waals surface area contributed by atoms with Crippen molar-refractivity contribution in [3.8, 4) is 11.5 Å². The number of aromatic hydroxyl groups is 1. The number of phenols is 1. The highest BCUT2D eigenvalue weighted by molar-refractivity contribution is 7.80. The maximum atomic E-state index is 12.9. The van der Waals surface area contributed by atoms with Crippen LogP contribution in [0.3, 0.4) is 0 Å². The molecule has 0 aliphatic heterocycles. The van der Waals surface area contributed by atoms with Crippen LogP contribution in [0.4, 0.5) is 5.69 Å². The number of anilines is 1. The molecule has 2 aromatic heterocycles. The Bertz CT molecular complexity index is 1750. The number of aromatic amines is 1. The first-order valence-corrected chi connectivity index (χ1v) is 14.7. The average molecular weight is 606 g/mol. The number of aromatic nitrogens is 4. The highest BCUT2D eigenvalue weighted by Crippen LogP contribution is 2.22. The van der Waals surface area contributed by atoms with Crippen LogP contribution >= 0.6 is 11.6 Å². The number of halogens is 1. The fourth-order valence-corrected chi connectivity index (χ4v) is 5.22. The number of carbonyl (C=O) groups excluding carboxylic acids is 2. The summed E-state index contributed by atoms with van der Waals surface area (Å²) in [6, 6.07) is 19.4. The fraction of sp³-hybridized carbons (Fsp3) is 0.200. The van der Waals surface area contributed by atoms with E-state index in [1.54, 1.807) is 6.92 Å². The van der Waals surface area contributed by atoms with E-state index in [-0.39, 0.29) is 11.5 Å². The van der Waals surface area contributed by atoms with Gasteiger partial charge >= 0.3 is 0 Å². The van der Waals surface area contributed by atoms with Gasteiger partial charge in [0.1, 0.15) is 16.5 Å². The maximum Gasteiger partial charge on any atom is 0.240 e. The molecule has 5 aromatic rings. The van der Waals surface area contributed by atoms with E-state index in [0.717, 1.165) is 36.3 Å². The quantitative estimate of drug-likeness (QED) is 0.134. The molecule has 0 aliphatic carbocycles. The van der Waals surface area contributed by atoms with Crippen LogP contribution in [0, 0.1) is 12.8 Å². The standard InChI is InChI=1S/C30H28ClN5O5S/c1-18(28(38)21-8-16-25(17-9-21)42(40)41-24-14-12-23(37)13-15-24)30(39)32-22-10-6-20(7-11-22)4-3-5-26-33-34-29-27(31)19(2)35-36(26)29/h6-18,35,37H,3-5H2,1-2H3,(H,32,39). The third kappa shape index (κ3) is 6.53. The van der Waals surface area contributed by atoms with Gasteiger partial charge in [0.2, 0.25) is 17.0 Å². The Kier molecular flexibility index (Phi) is 8.69. The second kappa shape index (κ2) is 12.6. The number of Topliss-reactive ketones (excluding diaryl/α,β-unsaturated/α-hetero) is 1. The van der Waals surface area contributed by atoms with Crippen LogP contribution in [0.15, 0.2) is 77.7 Å². The van der Waals surface area contributed by atoms with Crippen molar-refractivity contribution in [3.05, 3.63) is 100 Å². The summed E-state index contributed by atoms with van der Waals surface area (Å²) in [6.45, 7) is 3.43. The molecule has 216 valence electrons. The molecule has 0 radical (unpaired) electrons. The molecule has 0 saturated heterocycles. The predicted octanol–water partition coefficient (Wildman–Crippen LogP) is 5.46. The van der Waals surface area contributed by atoms with E-state index in [1.165, 1.54) is 48.5 Å². The van der Waals surface area contributed by atoms with Crippen LogP contribution < -0.4 is 9.50 Å². The number of amides is 1. The first-order valence-electron chi connectivity index (χ1n) is 13.2. The SMILES string of the molecule is Cc1[nH]n2c(CCCc3ccc(NC(=O)C(C)C(=O)c4ccc(S(=O)Oc5ccc(O)cc5)cc4)cc3)nnc2c1Cl. The number of ketones is 1. The Balaban J connectivity index is 1.11. The molecule has 2 unspecified atom stereocenters. The predicted molar refractivity (Wildman–Crippen MR) is 159 cm³/mol. The summed E-state index contributed by atoms with van der Waals surface area (Å²) in [4.78, 5) is 26.1. The van der Waals surface area contributed by atoms with E-state index >= 15 is 0 Å². The van der Waals surface area contributed by atoms with Crippen LogP contribution in [0.25, 0.3) is 5.65 Å². The molecule has 42 heavy (non-hydrogen) atoms. The Hall–Kier alpha value is -4.48. The first kappa shape index (κ1) is 29.0. The second-order valence-electron chi connectivity index (χ2n) is 9.79. The summed E-state index contributed by atoms with van der Waals surface area (Å²) in [6.07, 6.45) is 2.38. The van der Waals surface area contributed by atoms with E-state index in [1.807, 2.05) is 35.7 Å². The highest BCUT2D eigenvalue weighted by Gasteiger charge is 2.23. The van der Waals surface area contributed by atoms with Gasteiger partial charge in [0.25, 0.3) is 0 Å². The lowest BCUT2D eigenvalue weighted by atomic mass is 9.98. The number of fused-ring (bicyclic) bond motifs is 1. The molecule has 0 bridgehead atoms. The smallest absolute Gasteiger partial charge is 0.240 e. The summed E-state index contributed by atoms with van der Waals surface area (Å²) in [5.41, 5.74) is 3.49. The van der Waals surface area contributed by atoms with E-state index in [2.05, 4.69) is 20.6 Å². The molecule has 3 aromatic carbocycles. The summed E-state index contributed by atoms with van der Waals surface area (Å²) < 4.78 is 19.7. The van der Waals surface area contributed by atoms with Gasteiger partial charge in [-0.2, -0.15) is 0 Å². The van der Waals surface area contributed by atoms with Gasteiger partial charge in [-0.05, 0) is 80.8 Å². The Morgan fingerprint density at radius 3 is 2.40 bits per heavy atom. The van der Waals surface area contributed by atoms with Crippen molar-refractivity contribution in [2.24, 2.45) is 5.92 Å².